The zero-order valence-corrected chi connectivity index (χ0v) is 38.3. The molecule has 4 nitrogen and oxygen atoms in total. The Labute approximate surface area is 396 Å². The molecule has 0 unspecified atom stereocenters. The van der Waals surface area contributed by atoms with Gasteiger partial charge in [-0.15, -0.1) is 0 Å². The van der Waals surface area contributed by atoms with Gasteiger partial charge in [-0.1, -0.05) is 151 Å². The summed E-state index contributed by atoms with van der Waals surface area (Å²) in [6.45, 7) is 10.6. The molecule has 0 spiro atoms. The summed E-state index contributed by atoms with van der Waals surface area (Å²) in [5, 5.41) is 12.1. The third kappa shape index (κ3) is 8.54. The van der Waals surface area contributed by atoms with Crippen LogP contribution in [0.1, 0.15) is 105 Å². The summed E-state index contributed by atoms with van der Waals surface area (Å²) in [5.41, 5.74) is 13.2. The summed E-state index contributed by atoms with van der Waals surface area (Å²) in [6, 6.07) is 48.1. The number of phenolic OH excluding ortho intramolecular Hbond substituents is 1. The smallest absolute Gasteiger partial charge is 0.149 e. The lowest BCUT2D eigenvalue weighted by atomic mass is 9.84. The van der Waals surface area contributed by atoms with Crippen LogP contribution in [0, 0.1) is 20.6 Å². The number of imidazole rings is 1. The molecule has 2 aromatic heterocycles. The van der Waals surface area contributed by atoms with Crippen molar-refractivity contribution in [1.82, 2.24) is 14.5 Å². The normalized spacial score (nSPS) is 14.4. The standard InChI is InChI=1S/C61H59N3O/c1-37(2)46-29-47(38(3)4)31-49(30-46)44-23-24-56(40(6)27-44)64-57-18-14-17-53(58(57)63-60(64)54-36-52(61(8,9)10)28-41(7)59(54)65)50-32-48(42-15-12-11-13-16-42)33-51(34-50)55-35-45(25-26-62-55)43-21-19-39(5)20-22-43/h11-38,65H,1-10H3/i5D3,6D3,37D,38D. The summed E-state index contributed by atoms with van der Waals surface area (Å²) in [5.74, 6) is -1.56. The van der Waals surface area contributed by atoms with Crippen molar-refractivity contribution in [2.24, 2.45) is 0 Å². The average Bonchev–Trinajstić information content (AvgIpc) is 3.73. The van der Waals surface area contributed by atoms with Crippen LogP contribution < -0.4 is 0 Å². The number of fused-ring (bicyclic) bond motifs is 1. The zero-order valence-electron chi connectivity index (χ0n) is 46.3. The number of benzene rings is 7. The Bertz CT molecular complexity index is 3520. The van der Waals surface area contributed by atoms with E-state index >= 15 is 0 Å². The van der Waals surface area contributed by atoms with Crippen molar-refractivity contribution in [2.75, 3.05) is 0 Å². The minimum absolute atomic E-state index is 0.0332. The molecule has 0 atom stereocenters. The van der Waals surface area contributed by atoms with Gasteiger partial charge in [-0.25, -0.2) is 4.98 Å². The van der Waals surface area contributed by atoms with Gasteiger partial charge < -0.3 is 5.11 Å². The SMILES string of the molecule is [2H]C([2H])([2H])c1ccc(-c2ccnc(-c3cc(-c4ccccc4)cc(-c4cccc5c4nc(-c4cc(C(C)(C)C)cc(C)c4O)n5-c4ccc(-c5cc(C([2H])(C)C)cc(C([2H])(C)C)c5)cc4C([2H])([2H])[2H])c3)c2)cc1. The Morgan fingerprint density at radius 3 is 1.92 bits per heavy atom. The monoisotopic (exact) mass is 858 g/mol. The maximum Gasteiger partial charge on any atom is 0.149 e. The molecule has 7 aromatic carbocycles. The summed E-state index contributed by atoms with van der Waals surface area (Å²) in [6.07, 6.45) is 1.75. The van der Waals surface area contributed by atoms with E-state index < -0.39 is 25.5 Å². The van der Waals surface area contributed by atoms with Crippen molar-refractivity contribution < 1.29 is 16.1 Å². The summed E-state index contributed by atoms with van der Waals surface area (Å²) >= 11 is 0. The molecule has 0 amide bonds. The van der Waals surface area contributed by atoms with E-state index in [1.807, 2.05) is 109 Å². The van der Waals surface area contributed by atoms with Crippen LogP contribution in [0.5, 0.6) is 5.75 Å². The summed E-state index contributed by atoms with van der Waals surface area (Å²) in [7, 11) is 0. The zero-order chi connectivity index (χ0) is 52.6. The lowest BCUT2D eigenvalue weighted by molar-refractivity contribution is 0.471. The number of pyridine rings is 1. The molecule has 65 heavy (non-hydrogen) atoms. The van der Waals surface area contributed by atoms with Gasteiger partial charge in [0.2, 0.25) is 0 Å². The molecule has 2 heterocycles. The molecule has 0 aliphatic heterocycles. The summed E-state index contributed by atoms with van der Waals surface area (Å²) < 4.78 is 70.6. The first-order chi connectivity index (χ1) is 34.1. The van der Waals surface area contributed by atoms with Crippen LogP contribution >= 0.6 is 0 Å². The van der Waals surface area contributed by atoms with E-state index in [1.165, 1.54) is 0 Å². The largest absolute Gasteiger partial charge is 0.507 e. The van der Waals surface area contributed by atoms with E-state index in [1.54, 1.807) is 58.2 Å². The Morgan fingerprint density at radius 1 is 0.569 bits per heavy atom. The predicted molar refractivity (Wildman–Crippen MR) is 274 cm³/mol. The van der Waals surface area contributed by atoms with Gasteiger partial charge in [-0.05, 0) is 159 Å². The Morgan fingerprint density at radius 2 is 1.23 bits per heavy atom. The maximum absolute atomic E-state index is 12.1. The van der Waals surface area contributed by atoms with Crippen LogP contribution in [-0.4, -0.2) is 19.6 Å². The van der Waals surface area contributed by atoms with E-state index in [4.69, 9.17) is 20.9 Å². The first-order valence-corrected chi connectivity index (χ1v) is 22.1. The molecule has 9 aromatic rings. The quantitative estimate of drug-likeness (QED) is 0.157. The number of aromatic hydroxyl groups is 1. The minimum atomic E-state index is -2.62. The van der Waals surface area contributed by atoms with Crippen LogP contribution in [0.2, 0.25) is 0 Å². The second-order valence-electron chi connectivity index (χ2n) is 18.6. The lowest BCUT2D eigenvalue weighted by Crippen LogP contribution is -2.12. The molecule has 1 N–H and O–H groups in total. The minimum Gasteiger partial charge on any atom is -0.507 e. The van der Waals surface area contributed by atoms with Crippen LogP contribution in [0.4, 0.5) is 0 Å². The number of hydrogen-bond donors (Lipinski definition) is 1. The van der Waals surface area contributed by atoms with Crippen molar-refractivity contribution >= 4 is 11.0 Å². The fourth-order valence-corrected chi connectivity index (χ4v) is 8.58. The average molecular weight is 858 g/mol. The van der Waals surface area contributed by atoms with Crippen LogP contribution in [0.3, 0.4) is 0 Å². The second kappa shape index (κ2) is 17.2. The highest BCUT2D eigenvalue weighted by atomic mass is 16.3. The Balaban J connectivity index is 1.31. The van der Waals surface area contributed by atoms with Crippen molar-refractivity contribution in [3.8, 4) is 78.6 Å². The number of phenols is 1. The van der Waals surface area contributed by atoms with Gasteiger partial charge in [0.15, 0.2) is 0 Å². The van der Waals surface area contributed by atoms with E-state index in [9.17, 15) is 5.11 Å². The molecule has 4 heteroatoms. The topological polar surface area (TPSA) is 50.9 Å². The highest BCUT2D eigenvalue weighted by Crippen LogP contribution is 2.43. The summed E-state index contributed by atoms with van der Waals surface area (Å²) in [4.78, 5) is 10.3. The van der Waals surface area contributed by atoms with Crippen LogP contribution in [-0.2, 0) is 5.41 Å². The number of nitrogens with zero attached hydrogens (tertiary/aromatic N) is 3. The molecule has 9 rings (SSSR count). The molecule has 0 saturated heterocycles. The molecule has 0 bridgehead atoms. The highest BCUT2D eigenvalue weighted by Gasteiger charge is 2.25. The van der Waals surface area contributed by atoms with Crippen molar-refractivity contribution in [1.29, 1.82) is 0 Å². The van der Waals surface area contributed by atoms with Crippen molar-refractivity contribution in [2.45, 2.75) is 86.3 Å². The van der Waals surface area contributed by atoms with Crippen molar-refractivity contribution in [3.63, 3.8) is 0 Å². The number of para-hydroxylation sites is 1. The van der Waals surface area contributed by atoms with Gasteiger partial charge in [0, 0.05) is 28.3 Å². The van der Waals surface area contributed by atoms with Gasteiger partial charge in [0.25, 0.3) is 0 Å². The maximum atomic E-state index is 12.1. The van der Waals surface area contributed by atoms with E-state index in [0.29, 0.717) is 61.6 Å². The first-order valence-electron chi connectivity index (χ1n) is 26.1. The lowest BCUT2D eigenvalue weighted by Gasteiger charge is -2.22. The fourth-order valence-electron chi connectivity index (χ4n) is 8.58. The van der Waals surface area contributed by atoms with Gasteiger partial charge in [0.1, 0.15) is 11.6 Å². The van der Waals surface area contributed by atoms with Crippen LogP contribution in [0.25, 0.3) is 83.9 Å². The van der Waals surface area contributed by atoms with Gasteiger partial charge in [-0.3, -0.25) is 9.55 Å². The predicted octanol–water partition coefficient (Wildman–Crippen LogP) is 16.6. The van der Waals surface area contributed by atoms with E-state index in [-0.39, 0.29) is 22.3 Å². The van der Waals surface area contributed by atoms with E-state index in [0.717, 1.165) is 44.5 Å². The fraction of sp³-hybridized carbons (Fsp3) is 0.213. The molecular weight excluding hydrogens is 791 g/mol. The van der Waals surface area contributed by atoms with E-state index in [2.05, 4.69) is 51.1 Å². The Hall–Kier alpha value is -7.04. The number of aryl methyl sites for hydroxylation is 3. The number of rotatable bonds is 9. The molecule has 0 fully saturated rings. The van der Waals surface area contributed by atoms with Crippen LogP contribution in [0.15, 0.2) is 158 Å². The molecular formula is C61H59N3O. The van der Waals surface area contributed by atoms with Gasteiger partial charge in [-0.2, -0.15) is 0 Å². The Kier molecular flexibility index (Phi) is 9.07. The highest BCUT2D eigenvalue weighted by molar-refractivity contribution is 5.98. The molecule has 0 aliphatic rings. The van der Waals surface area contributed by atoms with Gasteiger partial charge >= 0.3 is 0 Å². The number of aromatic nitrogens is 3. The molecule has 0 saturated carbocycles. The van der Waals surface area contributed by atoms with Crippen molar-refractivity contribution in [3.05, 3.63) is 191 Å². The van der Waals surface area contributed by atoms with Gasteiger partial charge in [0.05, 0.1) is 28.0 Å². The molecule has 324 valence electrons. The molecule has 0 radical (unpaired) electrons. The third-order valence-electron chi connectivity index (χ3n) is 12.4. The molecule has 0 aliphatic carbocycles. The third-order valence-corrected chi connectivity index (χ3v) is 12.4. The number of hydrogen-bond acceptors (Lipinski definition) is 3. The second-order valence-corrected chi connectivity index (χ2v) is 18.6. The first kappa shape index (κ1) is 34.4.